The van der Waals surface area contributed by atoms with Crippen molar-refractivity contribution in [2.75, 3.05) is 35.5 Å². The fraction of sp³-hybridized carbons (Fsp3) is 0.435. The van der Waals surface area contributed by atoms with Crippen LogP contribution in [-0.4, -0.2) is 53.0 Å². The Morgan fingerprint density at radius 3 is 2.17 bits per heavy atom. The largest absolute Gasteiger partial charge is 0.493 e. The maximum absolute atomic E-state index is 13.1. The number of carbonyl (C=O) groups is 1. The van der Waals surface area contributed by atoms with E-state index >= 15 is 0 Å². The summed E-state index contributed by atoms with van der Waals surface area (Å²) in [7, 11) is 7.67. The smallest absolute Gasteiger partial charge is 0.237 e. The van der Waals surface area contributed by atoms with E-state index in [2.05, 4.69) is 6.58 Å². The number of hydrogen-bond acceptors (Lipinski definition) is 7. The standard InChI is InChI=1S/C23H28O7/c1-8-9-23(29-7)12-15-18(13(2)30-19(15)21(28-6)22(23)24)14-10-16(25-3)20(27-5)17(11-14)26-4/h8,10-13,18H,1,9H2,2-7H3. The van der Waals surface area contributed by atoms with Crippen molar-refractivity contribution in [2.45, 2.75) is 31.0 Å². The summed E-state index contributed by atoms with van der Waals surface area (Å²) in [5, 5.41) is 0. The van der Waals surface area contributed by atoms with E-state index in [1.165, 1.54) is 14.2 Å². The summed E-state index contributed by atoms with van der Waals surface area (Å²) in [6, 6.07) is 3.78. The highest BCUT2D eigenvalue weighted by Crippen LogP contribution is 2.51. The first-order chi connectivity index (χ1) is 14.4. The van der Waals surface area contributed by atoms with Gasteiger partial charge in [0.2, 0.25) is 17.3 Å². The minimum atomic E-state index is -1.20. The molecular weight excluding hydrogens is 388 g/mol. The third kappa shape index (κ3) is 3.23. The lowest BCUT2D eigenvalue weighted by Gasteiger charge is -2.32. The molecule has 0 amide bonds. The van der Waals surface area contributed by atoms with Crippen LogP contribution in [0.5, 0.6) is 17.2 Å². The van der Waals surface area contributed by atoms with E-state index in [9.17, 15) is 4.79 Å². The summed E-state index contributed by atoms with van der Waals surface area (Å²) < 4.78 is 33.7. The lowest BCUT2D eigenvalue weighted by atomic mass is 9.79. The molecule has 0 spiro atoms. The second-order valence-corrected chi connectivity index (χ2v) is 7.14. The highest BCUT2D eigenvalue weighted by Gasteiger charge is 2.50. The predicted molar refractivity (Wildman–Crippen MR) is 111 cm³/mol. The minimum Gasteiger partial charge on any atom is -0.493 e. The van der Waals surface area contributed by atoms with Crippen molar-refractivity contribution in [3.05, 3.63) is 53.5 Å². The normalized spacial score (nSPS) is 25.3. The van der Waals surface area contributed by atoms with Crippen molar-refractivity contribution in [1.82, 2.24) is 0 Å². The number of Topliss-reactive ketones (excluding diaryl/α,β-unsaturated/α-hetero) is 1. The van der Waals surface area contributed by atoms with Gasteiger partial charge >= 0.3 is 0 Å². The highest BCUT2D eigenvalue weighted by molar-refractivity contribution is 6.04. The van der Waals surface area contributed by atoms with E-state index in [1.54, 1.807) is 27.4 Å². The lowest BCUT2D eigenvalue weighted by Crippen LogP contribution is -2.43. The zero-order chi connectivity index (χ0) is 22.1. The SMILES string of the molecule is C=CCC1(OC)C=C2C(=C(OC)C1=O)OC(C)C2c1cc(OC)c(OC)c(OC)c1. The molecule has 2 aliphatic rings. The molecule has 3 unspecified atom stereocenters. The van der Waals surface area contributed by atoms with Crippen molar-refractivity contribution in [3.8, 4) is 17.2 Å². The van der Waals surface area contributed by atoms with E-state index in [0.717, 1.165) is 11.1 Å². The maximum Gasteiger partial charge on any atom is 0.237 e. The van der Waals surface area contributed by atoms with Gasteiger partial charge in [-0.05, 0) is 30.7 Å². The molecule has 0 aromatic heterocycles. The number of fused-ring (bicyclic) bond motifs is 1. The Morgan fingerprint density at radius 2 is 1.70 bits per heavy atom. The number of ketones is 1. The number of hydrogen-bond donors (Lipinski definition) is 0. The Kier molecular flexibility index (Phi) is 6.12. The molecule has 7 nitrogen and oxygen atoms in total. The summed E-state index contributed by atoms with van der Waals surface area (Å²) >= 11 is 0. The third-order valence-corrected chi connectivity index (χ3v) is 5.62. The molecule has 162 valence electrons. The summed E-state index contributed by atoms with van der Waals surface area (Å²) in [6.07, 6.45) is 3.53. The zero-order valence-corrected chi connectivity index (χ0v) is 18.2. The van der Waals surface area contributed by atoms with Crippen LogP contribution in [0.3, 0.4) is 0 Å². The van der Waals surface area contributed by atoms with Gasteiger partial charge in [0, 0.05) is 25.0 Å². The molecule has 3 rings (SSSR count). The number of benzene rings is 1. The summed E-state index contributed by atoms with van der Waals surface area (Å²) in [4.78, 5) is 13.1. The van der Waals surface area contributed by atoms with Crippen molar-refractivity contribution in [2.24, 2.45) is 0 Å². The van der Waals surface area contributed by atoms with E-state index < -0.39 is 5.60 Å². The molecule has 0 radical (unpaired) electrons. The van der Waals surface area contributed by atoms with Crippen LogP contribution in [-0.2, 0) is 19.0 Å². The van der Waals surface area contributed by atoms with Crippen molar-refractivity contribution in [3.63, 3.8) is 0 Å². The Labute approximate surface area is 176 Å². The summed E-state index contributed by atoms with van der Waals surface area (Å²) in [5.74, 6) is 1.69. The van der Waals surface area contributed by atoms with E-state index in [4.69, 9.17) is 28.4 Å². The summed E-state index contributed by atoms with van der Waals surface area (Å²) in [5.41, 5.74) is 0.515. The fourth-order valence-corrected chi connectivity index (χ4v) is 4.19. The molecule has 1 aromatic rings. The van der Waals surface area contributed by atoms with Crippen molar-refractivity contribution < 1.29 is 33.2 Å². The van der Waals surface area contributed by atoms with Crippen LogP contribution < -0.4 is 14.2 Å². The van der Waals surface area contributed by atoms with Gasteiger partial charge in [0.05, 0.1) is 28.4 Å². The van der Waals surface area contributed by atoms with Crippen LogP contribution in [0, 0.1) is 0 Å². The van der Waals surface area contributed by atoms with Gasteiger partial charge in [-0.3, -0.25) is 4.79 Å². The molecule has 0 bridgehead atoms. The first-order valence-corrected chi connectivity index (χ1v) is 9.60. The molecule has 1 saturated heterocycles. The quantitative estimate of drug-likeness (QED) is 0.600. The van der Waals surface area contributed by atoms with Gasteiger partial charge < -0.3 is 28.4 Å². The molecule has 1 heterocycles. The predicted octanol–water partition coefficient (Wildman–Crippen LogP) is 3.54. The topological polar surface area (TPSA) is 72.5 Å². The second-order valence-electron chi connectivity index (χ2n) is 7.14. The Hall–Kier alpha value is -2.93. The Balaban J connectivity index is 2.22. The van der Waals surface area contributed by atoms with Gasteiger partial charge in [-0.2, -0.15) is 0 Å². The molecule has 30 heavy (non-hydrogen) atoms. The number of rotatable bonds is 8. The zero-order valence-electron chi connectivity index (χ0n) is 18.2. The van der Waals surface area contributed by atoms with Gasteiger partial charge in [-0.25, -0.2) is 0 Å². The van der Waals surface area contributed by atoms with E-state index in [1.807, 2.05) is 25.1 Å². The van der Waals surface area contributed by atoms with Crippen LogP contribution in [0.1, 0.15) is 24.8 Å². The Bertz CT molecular complexity index is 889. The number of carbonyl (C=O) groups excluding carboxylic acids is 1. The minimum absolute atomic E-state index is 0.151. The Morgan fingerprint density at radius 1 is 1.07 bits per heavy atom. The molecule has 1 aromatic carbocycles. The highest BCUT2D eigenvalue weighted by atomic mass is 16.5. The van der Waals surface area contributed by atoms with Crippen LogP contribution in [0.25, 0.3) is 0 Å². The molecule has 1 fully saturated rings. The van der Waals surface area contributed by atoms with Crippen LogP contribution in [0.2, 0.25) is 0 Å². The first-order valence-electron chi connectivity index (χ1n) is 9.60. The molecule has 3 atom stereocenters. The van der Waals surface area contributed by atoms with Gasteiger partial charge in [0.1, 0.15) is 6.10 Å². The van der Waals surface area contributed by atoms with E-state index in [-0.39, 0.29) is 23.6 Å². The fourth-order valence-electron chi connectivity index (χ4n) is 4.19. The van der Waals surface area contributed by atoms with Crippen molar-refractivity contribution in [1.29, 1.82) is 0 Å². The lowest BCUT2D eigenvalue weighted by molar-refractivity contribution is -0.135. The average Bonchev–Trinajstić information content (AvgIpc) is 3.08. The van der Waals surface area contributed by atoms with Gasteiger partial charge in [0.25, 0.3) is 0 Å². The average molecular weight is 416 g/mol. The molecule has 1 aliphatic carbocycles. The second kappa shape index (κ2) is 8.44. The number of ether oxygens (including phenoxy) is 6. The maximum atomic E-state index is 13.1. The van der Waals surface area contributed by atoms with Crippen LogP contribution in [0.15, 0.2) is 48.0 Å². The number of methoxy groups -OCH3 is 5. The molecular formula is C23H28O7. The van der Waals surface area contributed by atoms with E-state index in [0.29, 0.717) is 29.4 Å². The third-order valence-electron chi connectivity index (χ3n) is 5.62. The van der Waals surface area contributed by atoms with Crippen molar-refractivity contribution >= 4 is 5.78 Å². The van der Waals surface area contributed by atoms with Gasteiger partial charge in [-0.1, -0.05) is 6.08 Å². The van der Waals surface area contributed by atoms with Crippen LogP contribution >= 0.6 is 0 Å². The summed E-state index contributed by atoms with van der Waals surface area (Å²) in [6.45, 7) is 5.72. The monoisotopic (exact) mass is 416 g/mol. The molecule has 0 N–H and O–H groups in total. The molecule has 7 heteroatoms. The van der Waals surface area contributed by atoms with Gasteiger partial charge in [0.15, 0.2) is 22.9 Å². The number of allylic oxidation sites excluding steroid dienone is 1. The van der Waals surface area contributed by atoms with Gasteiger partial charge in [-0.15, -0.1) is 6.58 Å². The molecule has 1 aliphatic heterocycles. The molecule has 0 saturated carbocycles. The first kappa shape index (κ1) is 21.8. The van der Waals surface area contributed by atoms with Crippen LogP contribution in [0.4, 0.5) is 0 Å².